The number of nitrogens with zero attached hydrogens (tertiary/aromatic N) is 1. The molecule has 1 aromatic heterocycles. The van der Waals surface area contributed by atoms with Crippen molar-refractivity contribution < 1.29 is 14.5 Å². The van der Waals surface area contributed by atoms with Crippen LogP contribution in [0, 0.1) is 10.1 Å². The van der Waals surface area contributed by atoms with Gasteiger partial charge in [-0.2, -0.15) is 0 Å². The van der Waals surface area contributed by atoms with Gasteiger partial charge in [-0.15, -0.1) is 11.3 Å². The Morgan fingerprint density at radius 1 is 1.28 bits per heavy atom. The fourth-order valence-corrected chi connectivity index (χ4v) is 3.56. The Labute approximate surface area is 176 Å². The molecule has 0 atom stereocenters. The van der Waals surface area contributed by atoms with Crippen molar-refractivity contribution in [2.75, 3.05) is 5.32 Å². The lowest BCUT2D eigenvalue weighted by Crippen LogP contribution is -2.11. The van der Waals surface area contributed by atoms with Crippen LogP contribution in [0.25, 0.3) is 6.08 Å². The molecule has 0 radical (unpaired) electrons. The molecule has 0 saturated carbocycles. The molecule has 0 unspecified atom stereocenters. The zero-order valence-corrected chi connectivity index (χ0v) is 17.0. The molecular weight excluding hydrogens is 412 g/mol. The summed E-state index contributed by atoms with van der Waals surface area (Å²) in [5.41, 5.74) is 1.64. The summed E-state index contributed by atoms with van der Waals surface area (Å²) in [7, 11) is 0. The summed E-state index contributed by atoms with van der Waals surface area (Å²) in [4.78, 5) is 23.5. The minimum absolute atomic E-state index is 0.0934. The predicted molar refractivity (Wildman–Crippen MR) is 116 cm³/mol. The van der Waals surface area contributed by atoms with Crippen LogP contribution in [0.4, 0.5) is 11.4 Å². The smallest absolute Gasteiger partial charge is 0.294 e. The predicted octanol–water partition coefficient (Wildman–Crippen LogP) is 6.17. The number of nitrogens with one attached hydrogen (secondary N) is 1. The van der Waals surface area contributed by atoms with Crippen LogP contribution in [0.2, 0.25) is 5.02 Å². The number of rotatable bonds is 7. The molecule has 1 amide bonds. The second-order valence-corrected chi connectivity index (χ2v) is 7.37. The van der Waals surface area contributed by atoms with Gasteiger partial charge in [0.2, 0.25) is 0 Å². The molecule has 1 N–H and O–H groups in total. The summed E-state index contributed by atoms with van der Waals surface area (Å²) in [6, 6.07) is 13.5. The van der Waals surface area contributed by atoms with Gasteiger partial charge in [-0.3, -0.25) is 14.9 Å². The minimum atomic E-state index is -0.586. The number of halogens is 1. The van der Waals surface area contributed by atoms with Crippen LogP contribution in [-0.2, 0) is 6.61 Å². The first-order valence-electron chi connectivity index (χ1n) is 8.65. The standard InChI is InChI=1S/C21H17ClN2O4S/c1-2-5-15-6-3-4-7-19(15)28-12-14-10-20(29-13-14)21(25)23-17-9-8-16(22)11-18(17)24(26)27/h2-11,13H,12H2,1H3,(H,23,25)/b5-2+. The second kappa shape index (κ2) is 9.36. The van der Waals surface area contributed by atoms with E-state index >= 15 is 0 Å². The summed E-state index contributed by atoms with van der Waals surface area (Å²) in [6.07, 6.45) is 3.89. The van der Waals surface area contributed by atoms with E-state index in [2.05, 4.69) is 5.32 Å². The third-order valence-corrected chi connectivity index (χ3v) is 5.15. The van der Waals surface area contributed by atoms with Crippen molar-refractivity contribution in [3.8, 4) is 5.75 Å². The van der Waals surface area contributed by atoms with Crippen molar-refractivity contribution in [1.82, 2.24) is 0 Å². The van der Waals surface area contributed by atoms with Crippen molar-refractivity contribution >= 4 is 46.3 Å². The maximum Gasteiger partial charge on any atom is 0.294 e. The zero-order valence-electron chi connectivity index (χ0n) is 15.4. The number of carbonyl (C=O) groups is 1. The number of hydrogen-bond acceptors (Lipinski definition) is 5. The van der Waals surface area contributed by atoms with Crippen LogP contribution in [0.15, 0.2) is 60.0 Å². The first kappa shape index (κ1) is 20.6. The quantitative estimate of drug-likeness (QED) is 0.360. The van der Waals surface area contributed by atoms with Gasteiger partial charge < -0.3 is 10.1 Å². The monoisotopic (exact) mass is 428 g/mol. The molecule has 0 saturated heterocycles. The number of benzene rings is 2. The third kappa shape index (κ3) is 5.22. The van der Waals surface area contributed by atoms with Gasteiger partial charge >= 0.3 is 0 Å². The highest BCUT2D eigenvalue weighted by Gasteiger charge is 2.18. The van der Waals surface area contributed by atoms with E-state index in [0.29, 0.717) is 11.5 Å². The van der Waals surface area contributed by atoms with Crippen LogP contribution < -0.4 is 10.1 Å². The SMILES string of the molecule is C/C=C/c1ccccc1OCc1csc(C(=O)Nc2ccc(Cl)cc2[N+](=O)[O-])c1. The summed E-state index contributed by atoms with van der Waals surface area (Å²) in [5.74, 6) is 0.320. The minimum Gasteiger partial charge on any atom is -0.488 e. The second-order valence-electron chi connectivity index (χ2n) is 6.02. The largest absolute Gasteiger partial charge is 0.488 e. The Morgan fingerprint density at radius 3 is 2.83 bits per heavy atom. The van der Waals surface area contributed by atoms with E-state index in [1.54, 1.807) is 6.07 Å². The van der Waals surface area contributed by atoms with Crippen LogP contribution in [-0.4, -0.2) is 10.8 Å². The van der Waals surface area contributed by atoms with E-state index in [1.165, 1.54) is 29.5 Å². The van der Waals surface area contributed by atoms with E-state index in [9.17, 15) is 14.9 Å². The van der Waals surface area contributed by atoms with Crippen molar-refractivity contribution in [1.29, 1.82) is 0 Å². The summed E-state index contributed by atoms with van der Waals surface area (Å²) < 4.78 is 5.87. The molecule has 8 heteroatoms. The average molecular weight is 429 g/mol. The fourth-order valence-electron chi connectivity index (χ4n) is 2.61. The van der Waals surface area contributed by atoms with Gasteiger partial charge in [-0.1, -0.05) is 42.0 Å². The number of thiophene rings is 1. The molecule has 0 spiro atoms. The van der Waals surface area contributed by atoms with Crippen LogP contribution >= 0.6 is 22.9 Å². The number of nitro benzene ring substituents is 1. The van der Waals surface area contributed by atoms with Gasteiger partial charge in [0.15, 0.2) is 0 Å². The molecule has 6 nitrogen and oxygen atoms in total. The topological polar surface area (TPSA) is 81.5 Å². The van der Waals surface area contributed by atoms with Gasteiger partial charge in [0, 0.05) is 22.2 Å². The number of hydrogen-bond donors (Lipinski definition) is 1. The lowest BCUT2D eigenvalue weighted by molar-refractivity contribution is -0.383. The highest BCUT2D eigenvalue weighted by molar-refractivity contribution is 7.12. The maximum absolute atomic E-state index is 12.5. The summed E-state index contributed by atoms with van der Waals surface area (Å²) >= 11 is 7.04. The van der Waals surface area contributed by atoms with Gasteiger partial charge in [0.25, 0.3) is 11.6 Å². The normalized spacial score (nSPS) is 10.8. The number of amides is 1. The lowest BCUT2D eigenvalue weighted by Gasteiger charge is -2.08. The van der Waals surface area contributed by atoms with Crippen molar-refractivity contribution in [3.05, 3.63) is 91.1 Å². The lowest BCUT2D eigenvalue weighted by atomic mass is 10.2. The first-order chi connectivity index (χ1) is 14.0. The fraction of sp³-hybridized carbons (Fsp3) is 0.0952. The van der Waals surface area contributed by atoms with Crippen LogP contribution in [0.1, 0.15) is 27.7 Å². The molecule has 1 heterocycles. The molecule has 3 rings (SSSR count). The van der Waals surface area contributed by atoms with Crippen LogP contribution in [0.3, 0.4) is 0 Å². The van der Waals surface area contributed by atoms with Gasteiger partial charge in [-0.05, 0) is 36.6 Å². The molecule has 2 aromatic carbocycles. The zero-order chi connectivity index (χ0) is 20.8. The number of carbonyl (C=O) groups excluding carboxylic acids is 1. The first-order valence-corrected chi connectivity index (χ1v) is 9.91. The van der Waals surface area contributed by atoms with E-state index in [4.69, 9.17) is 16.3 Å². The van der Waals surface area contributed by atoms with Gasteiger partial charge in [0.05, 0.1) is 9.80 Å². The molecule has 3 aromatic rings. The van der Waals surface area contributed by atoms with Crippen molar-refractivity contribution in [2.45, 2.75) is 13.5 Å². The summed E-state index contributed by atoms with van der Waals surface area (Å²) in [5, 5.41) is 15.8. The van der Waals surface area contributed by atoms with Crippen molar-refractivity contribution in [2.24, 2.45) is 0 Å². The molecule has 0 aliphatic carbocycles. The highest BCUT2D eigenvalue weighted by Crippen LogP contribution is 2.29. The van der Waals surface area contributed by atoms with Crippen LogP contribution in [0.5, 0.6) is 5.75 Å². The number of allylic oxidation sites excluding steroid dienone is 1. The van der Waals surface area contributed by atoms with Gasteiger partial charge in [-0.25, -0.2) is 0 Å². The van der Waals surface area contributed by atoms with Crippen molar-refractivity contribution in [3.63, 3.8) is 0 Å². The Kier molecular flexibility index (Phi) is 6.64. The van der Waals surface area contributed by atoms with E-state index in [0.717, 1.165) is 16.9 Å². The average Bonchev–Trinajstić information content (AvgIpc) is 3.18. The Morgan fingerprint density at radius 2 is 2.07 bits per heavy atom. The number of para-hydroxylation sites is 1. The molecule has 29 heavy (non-hydrogen) atoms. The third-order valence-electron chi connectivity index (χ3n) is 3.94. The Hall–Kier alpha value is -3.16. The molecule has 0 bridgehead atoms. The highest BCUT2D eigenvalue weighted by atomic mass is 35.5. The maximum atomic E-state index is 12.5. The number of ether oxygens (including phenoxy) is 1. The van der Waals surface area contributed by atoms with Gasteiger partial charge in [0.1, 0.15) is 18.0 Å². The molecule has 0 aliphatic heterocycles. The van der Waals surface area contributed by atoms with E-state index in [1.807, 2.05) is 48.7 Å². The number of nitro groups is 1. The molecule has 0 fully saturated rings. The van der Waals surface area contributed by atoms with E-state index < -0.39 is 10.8 Å². The Balaban J connectivity index is 1.69. The van der Waals surface area contributed by atoms with E-state index in [-0.39, 0.29) is 16.4 Å². The summed E-state index contributed by atoms with van der Waals surface area (Å²) in [6.45, 7) is 2.24. The molecule has 0 aliphatic rings. The molecular formula is C21H17ClN2O4S. The number of anilines is 1. The molecule has 148 valence electrons. The Bertz CT molecular complexity index is 1080.